The van der Waals surface area contributed by atoms with Crippen LogP contribution < -0.4 is 11.5 Å². The van der Waals surface area contributed by atoms with E-state index in [1.54, 1.807) is 12.1 Å². The second kappa shape index (κ2) is 3.72. The van der Waals surface area contributed by atoms with E-state index in [0.29, 0.717) is 11.5 Å². The van der Waals surface area contributed by atoms with Crippen molar-refractivity contribution in [1.82, 2.24) is 10.2 Å². The average molecular weight is 174 g/mol. The van der Waals surface area contributed by atoms with E-state index < -0.39 is 0 Å². The number of anilines is 1. The summed E-state index contributed by atoms with van der Waals surface area (Å²) >= 11 is 0. The number of hydrogen-bond acceptors (Lipinski definition) is 4. The molecular weight excluding hydrogens is 166 g/mol. The Labute approximate surface area is 69.7 Å². The molecule has 0 spiro atoms. The maximum absolute atomic E-state index is 6.94. The quantitative estimate of drug-likeness (QED) is 0.403. The van der Waals surface area contributed by atoms with Crippen molar-refractivity contribution in [1.29, 1.82) is 5.41 Å². The maximum Gasteiger partial charge on any atom is 0.146 e. The molecule has 1 heterocycles. The third-order valence-corrected chi connectivity index (χ3v) is 0.961. The van der Waals surface area contributed by atoms with Gasteiger partial charge >= 0.3 is 0 Å². The lowest BCUT2D eigenvalue weighted by molar-refractivity contribution is 1.02. The van der Waals surface area contributed by atoms with Gasteiger partial charge in [-0.2, -0.15) is 0 Å². The fraction of sp³-hybridized carbons (Fsp3) is 0. The lowest BCUT2D eigenvalue weighted by Crippen LogP contribution is -2.13. The summed E-state index contributed by atoms with van der Waals surface area (Å²) in [4.78, 5) is 0. The molecule has 0 atom stereocenters. The Balaban J connectivity index is 0.000001000. The Morgan fingerprint density at radius 2 is 2.00 bits per heavy atom. The molecule has 5 nitrogen and oxygen atoms in total. The van der Waals surface area contributed by atoms with Crippen LogP contribution in [0.4, 0.5) is 5.82 Å². The molecule has 0 saturated carbocycles. The molecule has 1 rings (SSSR count). The van der Waals surface area contributed by atoms with Crippen LogP contribution in [0.5, 0.6) is 0 Å². The molecule has 0 radical (unpaired) electrons. The summed E-state index contributed by atoms with van der Waals surface area (Å²) in [6.07, 6.45) is 0. The van der Waals surface area contributed by atoms with E-state index in [9.17, 15) is 0 Å². The van der Waals surface area contributed by atoms with Gasteiger partial charge in [-0.15, -0.1) is 22.6 Å². The highest BCUT2D eigenvalue weighted by molar-refractivity contribution is 5.92. The summed E-state index contributed by atoms with van der Waals surface area (Å²) in [6, 6.07) is 3.09. The lowest BCUT2D eigenvalue weighted by atomic mass is 10.4. The second-order valence-electron chi connectivity index (χ2n) is 1.76. The molecule has 1 aromatic heterocycles. The van der Waals surface area contributed by atoms with E-state index in [2.05, 4.69) is 10.2 Å². The van der Waals surface area contributed by atoms with Crippen LogP contribution in [0.15, 0.2) is 12.1 Å². The normalized spacial score (nSPS) is 8.36. The number of hydrogen-bond donors (Lipinski definition) is 3. The Hall–Kier alpha value is -1.36. The minimum atomic E-state index is -0.104. The first-order chi connectivity index (χ1) is 4.70. The number of aromatic nitrogens is 2. The summed E-state index contributed by atoms with van der Waals surface area (Å²) < 4.78 is 0. The molecule has 0 fully saturated rings. The first kappa shape index (κ1) is 9.64. The number of nitrogens with two attached hydrogens (primary N) is 2. The Morgan fingerprint density at radius 3 is 2.36 bits per heavy atom. The molecule has 5 N–H and O–H groups in total. The highest BCUT2D eigenvalue weighted by Gasteiger charge is 1.95. The smallest absolute Gasteiger partial charge is 0.146 e. The van der Waals surface area contributed by atoms with Gasteiger partial charge in [-0.3, -0.25) is 5.41 Å². The van der Waals surface area contributed by atoms with Gasteiger partial charge in [0.2, 0.25) is 0 Å². The predicted octanol–water partition coefficient (Wildman–Crippen LogP) is -0.235. The van der Waals surface area contributed by atoms with Crippen LogP contribution in [0.25, 0.3) is 0 Å². The van der Waals surface area contributed by atoms with E-state index >= 15 is 0 Å². The number of nitrogens with zero attached hydrogens (tertiary/aromatic N) is 2. The van der Waals surface area contributed by atoms with Crippen LogP contribution in [0.1, 0.15) is 5.69 Å². The molecule has 0 aliphatic heterocycles. The zero-order valence-corrected chi connectivity index (χ0v) is 6.43. The van der Waals surface area contributed by atoms with Gasteiger partial charge in [0, 0.05) is 0 Å². The van der Waals surface area contributed by atoms with E-state index in [4.69, 9.17) is 16.9 Å². The molecule has 0 aromatic carbocycles. The third kappa shape index (κ3) is 2.38. The van der Waals surface area contributed by atoms with Gasteiger partial charge in [0.1, 0.15) is 17.3 Å². The summed E-state index contributed by atoms with van der Waals surface area (Å²) in [5.41, 5.74) is 10.7. The van der Waals surface area contributed by atoms with Gasteiger partial charge in [0.25, 0.3) is 0 Å². The van der Waals surface area contributed by atoms with Crippen LogP contribution in [-0.2, 0) is 0 Å². The molecule has 0 aliphatic carbocycles. The van der Waals surface area contributed by atoms with Crippen LogP contribution in [0, 0.1) is 5.41 Å². The zero-order chi connectivity index (χ0) is 7.56. The highest BCUT2D eigenvalue weighted by Crippen LogP contribution is 1.94. The molecule has 0 bridgehead atoms. The zero-order valence-electron chi connectivity index (χ0n) is 5.61. The molecule has 0 unspecified atom stereocenters. The van der Waals surface area contributed by atoms with E-state index in [-0.39, 0.29) is 18.2 Å². The van der Waals surface area contributed by atoms with Crippen LogP contribution >= 0.6 is 12.4 Å². The van der Waals surface area contributed by atoms with E-state index in [0.717, 1.165) is 0 Å². The largest absolute Gasteiger partial charge is 0.382 e. The Morgan fingerprint density at radius 1 is 1.36 bits per heavy atom. The maximum atomic E-state index is 6.94. The monoisotopic (exact) mass is 173 g/mol. The summed E-state index contributed by atoms with van der Waals surface area (Å²) in [7, 11) is 0. The summed E-state index contributed by atoms with van der Waals surface area (Å²) in [6.45, 7) is 0. The van der Waals surface area contributed by atoms with Crippen molar-refractivity contribution in [2.45, 2.75) is 0 Å². The van der Waals surface area contributed by atoms with Crippen molar-refractivity contribution in [3.63, 3.8) is 0 Å². The number of halogens is 1. The minimum absolute atomic E-state index is 0. The number of amidine groups is 1. The van der Waals surface area contributed by atoms with Crippen molar-refractivity contribution in [3.05, 3.63) is 17.8 Å². The molecule has 0 amide bonds. The topological polar surface area (TPSA) is 102 Å². The molecular formula is C5H8ClN5. The summed E-state index contributed by atoms with van der Waals surface area (Å²) in [5, 5.41) is 14.0. The number of nitrogens with one attached hydrogen (secondary N) is 1. The number of nitrogen functional groups attached to an aromatic ring is 2. The fourth-order valence-electron chi connectivity index (χ4n) is 0.486. The van der Waals surface area contributed by atoms with Crippen LogP contribution in [-0.4, -0.2) is 16.0 Å². The average Bonchev–Trinajstić information content (AvgIpc) is 1.88. The van der Waals surface area contributed by atoms with E-state index in [1.807, 2.05) is 0 Å². The first-order valence-corrected chi connectivity index (χ1v) is 2.64. The second-order valence-corrected chi connectivity index (χ2v) is 1.76. The van der Waals surface area contributed by atoms with E-state index in [1.165, 1.54) is 0 Å². The first-order valence-electron chi connectivity index (χ1n) is 2.64. The molecule has 11 heavy (non-hydrogen) atoms. The summed E-state index contributed by atoms with van der Waals surface area (Å²) in [5.74, 6) is 0.220. The SMILES string of the molecule is Cl.N=C(N)c1ccc(N)nn1. The van der Waals surface area contributed by atoms with Crippen molar-refractivity contribution in [3.8, 4) is 0 Å². The minimum Gasteiger partial charge on any atom is -0.382 e. The van der Waals surface area contributed by atoms with Gasteiger partial charge in [0.05, 0.1) is 0 Å². The van der Waals surface area contributed by atoms with Gasteiger partial charge in [-0.25, -0.2) is 0 Å². The molecule has 1 aromatic rings. The van der Waals surface area contributed by atoms with Crippen molar-refractivity contribution < 1.29 is 0 Å². The van der Waals surface area contributed by atoms with Crippen molar-refractivity contribution in [2.24, 2.45) is 5.73 Å². The van der Waals surface area contributed by atoms with Gasteiger partial charge in [-0.05, 0) is 12.1 Å². The molecule has 0 aliphatic rings. The lowest BCUT2D eigenvalue weighted by Gasteiger charge is -1.93. The molecule has 60 valence electrons. The van der Waals surface area contributed by atoms with Crippen molar-refractivity contribution in [2.75, 3.05) is 5.73 Å². The standard InChI is InChI=1S/C5H7N5.ClH/c6-4-2-1-3(5(7)8)9-10-4;/h1-2H,(H2,6,10)(H3,7,8);1H. The van der Waals surface area contributed by atoms with Crippen LogP contribution in [0.2, 0.25) is 0 Å². The van der Waals surface area contributed by atoms with Gasteiger partial charge in [0.15, 0.2) is 0 Å². The fourth-order valence-corrected chi connectivity index (χ4v) is 0.486. The third-order valence-electron chi connectivity index (χ3n) is 0.961. The molecule has 0 saturated heterocycles. The van der Waals surface area contributed by atoms with Gasteiger partial charge < -0.3 is 11.5 Å². The van der Waals surface area contributed by atoms with Gasteiger partial charge in [-0.1, -0.05) is 0 Å². The Bertz CT molecular complexity index is 244. The Kier molecular flexibility index (Phi) is 3.26. The van der Waals surface area contributed by atoms with Crippen molar-refractivity contribution >= 4 is 24.1 Å². The van der Waals surface area contributed by atoms with Crippen LogP contribution in [0.3, 0.4) is 0 Å². The highest BCUT2D eigenvalue weighted by atomic mass is 35.5. The molecule has 6 heteroatoms. The predicted molar refractivity (Wildman–Crippen MR) is 44.7 cm³/mol. The number of rotatable bonds is 1.